The molecule has 1 aromatic heterocycles. The number of carbonyl (C=O) groups excluding carboxylic acids is 2. The Kier molecular flexibility index (Phi) is 6.26. The van der Waals surface area contributed by atoms with E-state index in [-0.39, 0.29) is 23.4 Å². The first-order chi connectivity index (χ1) is 15.3. The fourth-order valence-electron chi connectivity index (χ4n) is 4.55. The van der Waals surface area contributed by atoms with Gasteiger partial charge in [-0.3, -0.25) is 9.59 Å². The van der Waals surface area contributed by atoms with E-state index in [9.17, 15) is 22.8 Å². The lowest BCUT2D eigenvalue weighted by atomic mass is 9.95. The Balaban J connectivity index is 1.49. The smallest absolute Gasteiger partial charge is 0.435 e. The van der Waals surface area contributed by atoms with E-state index in [1.807, 2.05) is 0 Å². The number of likely N-dealkylation sites (tertiary alicyclic amines) is 1. The monoisotopic (exact) mass is 449 g/mol. The molecule has 2 heterocycles. The number of esters is 1. The zero-order valence-electron chi connectivity index (χ0n) is 18.0. The molecule has 0 unspecified atom stereocenters. The summed E-state index contributed by atoms with van der Waals surface area (Å²) in [4.78, 5) is 26.4. The molecule has 2 aromatic rings. The second kappa shape index (κ2) is 8.96. The van der Waals surface area contributed by atoms with E-state index in [0.29, 0.717) is 62.3 Å². The van der Waals surface area contributed by atoms with Gasteiger partial charge in [0.15, 0.2) is 5.69 Å². The van der Waals surface area contributed by atoms with Gasteiger partial charge in [0.1, 0.15) is 0 Å². The Morgan fingerprint density at radius 1 is 1.09 bits per heavy atom. The van der Waals surface area contributed by atoms with Gasteiger partial charge in [-0.1, -0.05) is 0 Å². The summed E-state index contributed by atoms with van der Waals surface area (Å²) in [5.41, 5.74) is 1.05. The Bertz CT molecular complexity index is 990. The number of ether oxygens (including phenoxy) is 1. The molecule has 32 heavy (non-hydrogen) atoms. The van der Waals surface area contributed by atoms with Gasteiger partial charge >= 0.3 is 12.1 Å². The molecule has 1 aromatic carbocycles. The summed E-state index contributed by atoms with van der Waals surface area (Å²) in [6, 6.07) is 6.53. The number of aromatic nitrogens is 2. The molecule has 1 amide bonds. The SMILES string of the molecule is CCOC(=O)C1CCN(C(=O)c2ccc(-n3nc(C(F)(F)F)c4c3CCCC4)cc2)CC1. The minimum Gasteiger partial charge on any atom is -0.466 e. The summed E-state index contributed by atoms with van der Waals surface area (Å²) in [6.45, 7) is 3.04. The van der Waals surface area contributed by atoms with Crippen molar-refractivity contribution >= 4 is 11.9 Å². The quantitative estimate of drug-likeness (QED) is 0.657. The van der Waals surface area contributed by atoms with Crippen LogP contribution in [0.4, 0.5) is 13.2 Å². The maximum absolute atomic E-state index is 13.4. The molecule has 0 N–H and O–H groups in total. The highest BCUT2D eigenvalue weighted by Gasteiger charge is 2.39. The van der Waals surface area contributed by atoms with Gasteiger partial charge in [0.05, 0.1) is 18.2 Å². The second-order valence-corrected chi connectivity index (χ2v) is 8.26. The summed E-state index contributed by atoms with van der Waals surface area (Å²) in [5, 5.41) is 3.89. The highest BCUT2D eigenvalue weighted by atomic mass is 19.4. The van der Waals surface area contributed by atoms with Gasteiger partial charge in [-0.15, -0.1) is 0 Å². The Morgan fingerprint density at radius 2 is 1.75 bits per heavy atom. The van der Waals surface area contributed by atoms with Crippen LogP contribution in [-0.2, 0) is 28.5 Å². The van der Waals surface area contributed by atoms with Crippen LogP contribution in [0, 0.1) is 5.92 Å². The molecule has 9 heteroatoms. The molecule has 1 aliphatic heterocycles. The van der Waals surface area contributed by atoms with Crippen LogP contribution in [0.5, 0.6) is 0 Å². The average molecular weight is 449 g/mol. The van der Waals surface area contributed by atoms with Crippen LogP contribution >= 0.6 is 0 Å². The third kappa shape index (κ3) is 4.38. The predicted octanol–water partition coefficient (Wildman–Crippen LogP) is 4.19. The van der Waals surface area contributed by atoms with E-state index in [4.69, 9.17) is 4.74 Å². The largest absolute Gasteiger partial charge is 0.466 e. The number of alkyl halides is 3. The lowest BCUT2D eigenvalue weighted by molar-refractivity contribution is -0.149. The standard InChI is InChI=1S/C23H26F3N3O3/c1-2-32-22(31)16-11-13-28(14-12-16)21(30)15-7-9-17(10-8-15)29-19-6-4-3-5-18(19)20(27-29)23(24,25)26/h7-10,16H,2-6,11-14H2,1H3. The molecule has 4 rings (SSSR count). The maximum atomic E-state index is 13.4. The number of piperidine rings is 1. The molecular weight excluding hydrogens is 423 g/mol. The van der Waals surface area contributed by atoms with E-state index >= 15 is 0 Å². The first kappa shape index (κ1) is 22.4. The molecular formula is C23H26F3N3O3. The van der Waals surface area contributed by atoms with Gasteiger partial charge < -0.3 is 9.64 Å². The molecule has 172 valence electrons. The van der Waals surface area contributed by atoms with Gasteiger partial charge in [-0.2, -0.15) is 18.3 Å². The number of rotatable bonds is 4. The Labute approximate surface area is 184 Å². The van der Waals surface area contributed by atoms with Crippen molar-refractivity contribution in [3.63, 3.8) is 0 Å². The maximum Gasteiger partial charge on any atom is 0.435 e. The minimum atomic E-state index is -4.49. The molecule has 2 aliphatic rings. The van der Waals surface area contributed by atoms with Crippen LogP contribution in [-0.4, -0.2) is 46.3 Å². The lowest BCUT2D eigenvalue weighted by Gasteiger charge is -2.31. The highest BCUT2D eigenvalue weighted by molar-refractivity contribution is 5.94. The zero-order chi connectivity index (χ0) is 22.9. The van der Waals surface area contributed by atoms with Crippen LogP contribution in [0.15, 0.2) is 24.3 Å². The molecule has 0 atom stereocenters. The van der Waals surface area contributed by atoms with Gasteiger partial charge in [-0.25, -0.2) is 4.68 Å². The fourth-order valence-corrected chi connectivity index (χ4v) is 4.55. The Hall–Kier alpha value is -2.84. The summed E-state index contributed by atoms with van der Waals surface area (Å²) >= 11 is 0. The van der Waals surface area contributed by atoms with Crippen molar-refractivity contribution in [2.45, 2.75) is 51.6 Å². The van der Waals surface area contributed by atoms with Gasteiger partial charge in [0.25, 0.3) is 5.91 Å². The van der Waals surface area contributed by atoms with Gasteiger partial charge in [0, 0.05) is 29.9 Å². The van der Waals surface area contributed by atoms with E-state index in [1.165, 1.54) is 4.68 Å². The molecule has 0 bridgehead atoms. The van der Waals surface area contributed by atoms with E-state index in [2.05, 4.69) is 5.10 Å². The van der Waals surface area contributed by atoms with E-state index in [0.717, 1.165) is 12.8 Å². The second-order valence-electron chi connectivity index (χ2n) is 8.26. The first-order valence-electron chi connectivity index (χ1n) is 11.0. The van der Waals surface area contributed by atoms with E-state index < -0.39 is 11.9 Å². The number of amides is 1. The number of hydrogen-bond acceptors (Lipinski definition) is 4. The predicted molar refractivity (Wildman–Crippen MR) is 110 cm³/mol. The van der Waals surface area contributed by atoms with Gasteiger partial charge in [0.2, 0.25) is 0 Å². The fraction of sp³-hybridized carbons (Fsp3) is 0.522. The molecule has 0 spiro atoms. The summed E-state index contributed by atoms with van der Waals surface area (Å²) in [7, 11) is 0. The van der Waals surface area contributed by atoms with Crippen LogP contribution in [0.3, 0.4) is 0 Å². The van der Waals surface area contributed by atoms with Crippen LogP contribution in [0.2, 0.25) is 0 Å². The van der Waals surface area contributed by atoms with Crippen molar-refractivity contribution in [1.82, 2.24) is 14.7 Å². The third-order valence-corrected chi connectivity index (χ3v) is 6.21. The number of halogens is 3. The molecule has 0 radical (unpaired) electrons. The molecule has 1 fully saturated rings. The van der Waals surface area contributed by atoms with Crippen LogP contribution in [0.1, 0.15) is 59.9 Å². The van der Waals surface area contributed by atoms with Crippen molar-refractivity contribution in [2.24, 2.45) is 5.92 Å². The molecule has 0 saturated carbocycles. The van der Waals surface area contributed by atoms with Crippen LogP contribution < -0.4 is 0 Å². The number of carbonyl (C=O) groups is 2. The van der Waals surface area contributed by atoms with Crippen molar-refractivity contribution < 1.29 is 27.5 Å². The summed E-state index contributed by atoms with van der Waals surface area (Å²) in [5.74, 6) is -0.558. The zero-order valence-corrected chi connectivity index (χ0v) is 18.0. The third-order valence-electron chi connectivity index (χ3n) is 6.21. The highest BCUT2D eigenvalue weighted by Crippen LogP contribution is 2.36. The summed E-state index contributed by atoms with van der Waals surface area (Å²) < 4.78 is 46.8. The molecule has 6 nitrogen and oxygen atoms in total. The van der Waals surface area contributed by atoms with E-state index in [1.54, 1.807) is 36.1 Å². The first-order valence-corrected chi connectivity index (χ1v) is 11.0. The van der Waals surface area contributed by atoms with Crippen molar-refractivity contribution in [3.05, 3.63) is 46.8 Å². The van der Waals surface area contributed by atoms with Crippen molar-refractivity contribution in [1.29, 1.82) is 0 Å². The Morgan fingerprint density at radius 3 is 2.38 bits per heavy atom. The number of fused-ring (bicyclic) bond motifs is 1. The van der Waals surface area contributed by atoms with Crippen molar-refractivity contribution in [3.8, 4) is 5.69 Å². The normalized spacial score (nSPS) is 17.2. The molecule has 1 saturated heterocycles. The number of nitrogens with zero attached hydrogens (tertiary/aromatic N) is 3. The lowest BCUT2D eigenvalue weighted by Crippen LogP contribution is -2.40. The molecule has 1 aliphatic carbocycles. The number of hydrogen-bond donors (Lipinski definition) is 0. The topological polar surface area (TPSA) is 64.4 Å². The number of benzene rings is 1. The van der Waals surface area contributed by atoms with Crippen molar-refractivity contribution in [2.75, 3.05) is 19.7 Å². The van der Waals surface area contributed by atoms with Gasteiger partial charge in [-0.05, 0) is 69.7 Å². The minimum absolute atomic E-state index is 0.155. The summed E-state index contributed by atoms with van der Waals surface area (Å²) in [6.07, 6.45) is -0.893. The van der Waals surface area contributed by atoms with Crippen LogP contribution in [0.25, 0.3) is 5.69 Å². The average Bonchev–Trinajstić information content (AvgIpc) is 3.19.